The number of benzene rings is 1. The molecule has 3 rings (SSSR count). The number of pyridine rings is 1. The molecule has 0 unspecified atom stereocenters. The maximum absolute atomic E-state index is 6.22. The molecule has 0 atom stereocenters. The van der Waals surface area contributed by atoms with Crippen molar-refractivity contribution in [2.45, 2.75) is 13.3 Å². The molecule has 26 heavy (non-hydrogen) atoms. The average molecular weight is 388 g/mol. The summed E-state index contributed by atoms with van der Waals surface area (Å²) >= 11 is 12.2. The minimum atomic E-state index is 0.500. The van der Waals surface area contributed by atoms with Crippen molar-refractivity contribution >= 4 is 40.7 Å². The number of aryl methyl sites for hydroxylation is 1. The summed E-state index contributed by atoms with van der Waals surface area (Å²) in [4.78, 5) is 15.2. The highest BCUT2D eigenvalue weighted by Gasteiger charge is 2.09. The van der Waals surface area contributed by atoms with Gasteiger partial charge in [-0.3, -0.25) is 4.98 Å². The third kappa shape index (κ3) is 4.84. The maximum atomic E-state index is 6.22. The molecule has 0 saturated carbocycles. The molecule has 2 heterocycles. The summed E-state index contributed by atoms with van der Waals surface area (Å²) in [6, 6.07) is 11.3. The lowest BCUT2D eigenvalue weighted by atomic mass is 10.2. The van der Waals surface area contributed by atoms with E-state index in [1.54, 1.807) is 12.1 Å². The van der Waals surface area contributed by atoms with E-state index in [1.807, 2.05) is 50.6 Å². The van der Waals surface area contributed by atoms with Crippen molar-refractivity contribution in [1.82, 2.24) is 15.0 Å². The Balaban J connectivity index is 1.74. The van der Waals surface area contributed by atoms with Gasteiger partial charge in [0.2, 0.25) is 5.95 Å². The summed E-state index contributed by atoms with van der Waals surface area (Å²) in [5.74, 6) is 1.35. The number of nitrogens with one attached hydrogen (secondary N) is 1. The predicted molar refractivity (Wildman–Crippen MR) is 108 cm³/mol. The molecule has 0 bridgehead atoms. The van der Waals surface area contributed by atoms with Gasteiger partial charge in [-0.25, -0.2) is 4.98 Å². The molecule has 0 amide bonds. The van der Waals surface area contributed by atoms with Crippen LogP contribution in [0.2, 0.25) is 10.0 Å². The van der Waals surface area contributed by atoms with Gasteiger partial charge in [-0.1, -0.05) is 23.2 Å². The lowest BCUT2D eigenvalue weighted by Gasteiger charge is -2.19. The first-order valence-corrected chi connectivity index (χ1v) is 8.94. The summed E-state index contributed by atoms with van der Waals surface area (Å²) in [7, 11) is 2.02. The van der Waals surface area contributed by atoms with Crippen LogP contribution in [0.1, 0.15) is 11.3 Å². The summed E-state index contributed by atoms with van der Waals surface area (Å²) in [6.45, 7) is 2.78. The molecule has 0 spiro atoms. The van der Waals surface area contributed by atoms with Crippen LogP contribution in [0.4, 0.5) is 17.5 Å². The number of nitrogens with zero attached hydrogens (tertiary/aromatic N) is 4. The van der Waals surface area contributed by atoms with Crippen molar-refractivity contribution in [1.29, 1.82) is 0 Å². The third-order valence-corrected chi connectivity index (χ3v) is 4.44. The van der Waals surface area contributed by atoms with Gasteiger partial charge in [-0.2, -0.15) is 4.98 Å². The fourth-order valence-electron chi connectivity index (χ4n) is 2.48. The lowest BCUT2D eigenvalue weighted by Crippen LogP contribution is -2.22. The van der Waals surface area contributed by atoms with Crippen LogP contribution in [-0.4, -0.2) is 28.5 Å². The number of halogens is 2. The zero-order valence-electron chi connectivity index (χ0n) is 14.6. The third-order valence-electron chi connectivity index (χ3n) is 3.89. The van der Waals surface area contributed by atoms with E-state index < -0.39 is 0 Å². The molecule has 0 radical (unpaired) electrons. The summed E-state index contributed by atoms with van der Waals surface area (Å²) < 4.78 is 0. The van der Waals surface area contributed by atoms with E-state index in [0.29, 0.717) is 21.7 Å². The van der Waals surface area contributed by atoms with Crippen molar-refractivity contribution < 1.29 is 0 Å². The first-order valence-electron chi connectivity index (χ1n) is 8.19. The molecule has 0 aliphatic carbocycles. The Kier molecular flexibility index (Phi) is 5.91. The second kappa shape index (κ2) is 8.34. The van der Waals surface area contributed by atoms with Crippen molar-refractivity contribution in [3.05, 3.63) is 70.1 Å². The lowest BCUT2D eigenvalue weighted by molar-refractivity contribution is 0.853. The largest absolute Gasteiger partial charge is 0.359 e. The van der Waals surface area contributed by atoms with E-state index >= 15 is 0 Å². The Morgan fingerprint density at radius 2 is 1.81 bits per heavy atom. The Hall–Kier alpha value is -2.37. The number of likely N-dealkylation sites (N-methyl/N-ethyl adjacent to an activating group) is 1. The van der Waals surface area contributed by atoms with Crippen LogP contribution in [0.25, 0.3) is 0 Å². The van der Waals surface area contributed by atoms with Gasteiger partial charge in [0.25, 0.3) is 0 Å². The zero-order valence-corrected chi connectivity index (χ0v) is 16.1. The van der Waals surface area contributed by atoms with Gasteiger partial charge in [0.1, 0.15) is 5.82 Å². The van der Waals surface area contributed by atoms with E-state index in [-0.39, 0.29) is 0 Å². The van der Waals surface area contributed by atoms with Crippen molar-refractivity contribution in [3.63, 3.8) is 0 Å². The topological polar surface area (TPSA) is 53.9 Å². The zero-order chi connectivity index (χ0) is 18.5. The van der Waals surface area contributed by atoms with Crippen molar-refractivity contribution in [2.24, 2.45) is 0 Å². The van der Waals surface area contributed by atoms with Gasteiger partial charge in [-0.05, 0) is 49.2 Å². The number of hydrogen-bond donors (Lipinski definition) is 1. The van der Waals surface area contributed by atoms with Crippen LogP contribution in [0.5, 0.6) is 0 Å². The van der Waals surface area contributed by atoms with Crippen molar-refractivity contribution in [2.75, 3.05) is 23.8 Å². The molecule has 0 saturated heterocycles. The molecule has 134 valence electrons. The Morgan fingerprint density at radius 1 is 1.04 bits per heavy atom. The first-order chi connectivity index (χ1) is 12.5. The number of anilines is 3. The molecule has 7 heteroatoms. The Labute approximate surface area is 163 Å². The highest BCUT2D eigenvalue weighted by molar-refractivity contribution is 6.36. The molecule has 2 aromatic heterocycles. The molecule has 3 aromatic rings. The minimum Gasteiger partial charge on any atom is -0.359 e. The van der Waals surface area contributed by atoms with Crippen LogP contribution in [0.15, 0.2) is 48.8 Å². The van der Waals surface area contributed by atoms with E-state index in [1.165, 1.54) is 5.56 Å². The predicted octanol–water partition coefficient (Wildman–Crippen LogP) is 4.91. The summed E-state index contributed by atoms with van der Waals surface area (Å²) in [5, 5.41) is 4.27. The van der Waals surface area contributed by atoms with Crippen LogP contribution in [0.3, 0.4) is 0 Å². The highest BCUT2D eigenvalue weighted by Crippen LogP contribution is 2.27. The van der Waals surface area contributed by atoms with Gasteiger partial charge < -0.3 is 10.2 Å². The maximum Gasteiger partial charge on any atom is 0.229 e. The SMILES string of the molecule is Cc1cc(N(C)CCc2ccncc2)nc(Nc2ccc(Cl)cc2Cl)n1. The van der Waals surface area contributed by atoms with Gasteiger partial charge in [0.15, 0.2) is 0 Å². The minimum absolute atomic E-state index is 0.500. The fraction of sp³-hybridized carbons (Fsp3) is 0.211. The van der Waals surface area contributed by atoms with Gasteiger partial charge in [0.05, 0.1) is 10.7 Å². The average Bonchev–Trinajstić information content (AvgIpc) is 2.62. The monoisotopic (exact) mass is 387 g/mol. The number of aromatic nitrogens is 3. The van der Waals surface area contributed by atoms with Crippen LogP contribution in [-0.2, 0) is 6.42 Å². The molecule has 0 fully saturated rings. The molecular weight excluding hydrogens is 369 g/mol. The molecule has 0 aliphatic heterocycles. The molecule has 0 aliphatic rings. The number of hydrogen-bond acceptors (Lipinski definition) is 5. The highest BCUT2D eigenvalue weighted by atomic mass is 35.5. The Bertz CT molecular complexity index is 886. The fourth-order valence-corrected chi connectivity index (χ4v) is 2.93. The van der Waals surface area contributed by atoms with Crippen molar-refractivity contribution in [3.8, 4) is 0 Å². The second-order valence-corrected chi connectivity index (χ2v) is 6.81. The number of rotatable bonds is 6. The standard InChI is InChI=1S/C19H19Cl2N5/c1-13-11-18(26(2)10-7-14-5-8-22-9-6-14)25-19(23-13)24-17-4-3-15(20)12-16(17)21/h3-6,8-9,11-12H,7,10H2,1-2H3,(H,23,24,25). The second-order valence-electron chi connectivity index (χ2n) is 5.97. The molecule has 1 N–H and O–H groups in total. The van der Waals surface area contributed by atoms with E-state index in [0.717, 1.165) is 24.5 Å². The summed E-state index contributed by atoms with van der Waals surface area (Å²) in [6.07, 6.45) is 4.53. The first kappa shape index (κ1) is 18.4. The van der Waals surface area contributed by atoms with Gasteiger partial charge in [-0.15, -0.1) is 0 Å². The molecule has 5 nitrogen and oxygen atoms in total. The molecular formula is C19H19Cl2N5. The molecule has 1 aromatic carbocycles. The van der Waals surface area contributed by atoms with E-state index in [9.17, 15) is 0 Å². The van der Waals surface area contributed by atoms with E-state index in [2.05, 4.69) is 25.2 Å². The quantitative estimate of drug-likeness (QED) is 0.650. The van der Waals surface area contributed by atoms with Crippen LogP contribution >= 0.6 is 23.2 Å². The van der Waals surface area contributed by atoms with Gasteiger partial charge >= 0.3 is 0 Å². The van der Waals surface area contributed by atoms with E-state index in [4.69, 9.17) is 23.2 Å². The summed E-state index contributed by atoms with van der Waals surface area (Å²) in [5.41, 5.74) is 2.83. The van der Waals surface area contributed by atoms with Crippen LogP contribution in [0, 0.1) is 6.92 Å². The van der Waals surface area contributed by atoms with Gasteiger partial charge in [0, 0.05) is 42.8 Å². The smallest absolute Gasteiger partial charge is 0.229 e. The normalized spacial score (nSPS) is 10.6. The Morgan fingerprint density at radius 3 is 2.54 bits per heavy atom. The van der Waals surface area contributed by atoms with Crippen LogP contribution < -0.4 is 10.2 Å².